The third-order valence-electron chi connectivity index (χ3n) is 2.30. The van der Waals surface area contributed by atoms with E-state index >= 15 is 0 Å². The first-order valence-electron chi connectivity index (χ1n) is 4.18. The molecule has 1 heterocycles. The standard InChI is InChI=1S/C9H10N2O3/c10-5-1-4-2-7(9(13)14)11-6(4)3-8(5)12/h1,3,7,11-12H,2,10H2,(H,13,14). The van der Waals surface area contributed by atoms with Crippen molar-refractivity contribution in [2.75, 3.05) is 11.1 Å². The molecule has 5 heteroatoms. The summed E-state index contributed by atoms with van der Waals surface area (Å²) in [6.45, 7) is 0. The van der Waals surface area contributed by atoms with Gasteiger partial charge in [0.25, 0.3) is 0 Å². The van der Waals surface area contributed by atoms with Crippen molar-refractivity contribution >= 4 is 17.3 Å². The minimum absolute atomic E-state index is 0.0257. The Morgan fingerprint density at radius 1 is 1.57 bits per heavy atom. The number of hydrogen-bond donors (Lipinski definition) is 4. The Morgan fingerprint density at radius 3 is 2.93 bits per heavy atom. The van der Waals surface area contributed by atoms with E-state index in [0.717, 1.165) is 5.56 Å². The first-order chi connectivity index (χ1) is 6.58. The molecule has 0 aromatic heterocycles. The molecule has 0 aliphatic carbocycles. The molecule has 1 atom stereocenters. The van der Waals surface area contributed by atoms with Crippen molar-refractivity contribution in [2.24, 2.45) is 0 Å². The Labute approximate surface area is 80.2 Å². The summed E-state index contributed by atoms with van der Waals surface area (Å²) in [5.74, 6) is -0.929. The van der Waals surface area contributed by atoms with Crippen LogP contribution in [-0.4, -0.2) is 22.2 Å². The van der Waals surface area contributed by atoms with Crippen LogP contribution in [0, 0.1) is 0 Å². The van der Waals surface area contributed by atoms with Crippen LogP contribution in [0.15, 0.2) is 12.1 Å². The van der Waals surface area contributed by atoms with Crippen LogP contribution < -0.4 is 11.1 Å². The zero-order valence-electron chi connectivity index (χ0n) is 7.32. The van der Waals surface area contributed by atoms with E-state index in [-0.39, 0.29) is 11.4 Å². The Hall–Kier alpha value is -1.91. The Balaban J connectivity index is 2.36. The van der Waals surface area contributed by atoms with Gasteiger partial charge in [-0.2, -0.15) is 0 Å². The number of phenolic OH excluding ortho intramolecular Hbond substituents is 1. The molecule has 74 valence electrons. The molecule has 5 nitrogen and oxygen atoms in total. The van der Waals surface area contributed by atoms with Crippen molar-refractivity contribution in [1.29, 1.82) is 0 Å². The molecule has 0 saturated heterocycles. The van der Waals surface area contributed by atoms with Crippen molar-refractivity contribution in [3.8, 4) is 5.75 Å². The second-order valence-electron chi connectivity index (χ2n) is 3.31. The maximum Gasteiger partial charge on any atom is 0.326 e. The predicted molar refractivity (Wildman–Crippen MR) is 51.3 cm³/mol. The molecule has 1 aromatic rings. The maximum atomic E-state index is 10.7. The minimum Gasteiger partial charge on any atom is -0.506 e. The quantitative estimate of drug-likeness (QED) is 0.383. The van der Waals surface area contributed by atoms with E-state index in [2.05, 4.69) is 5.32 Å². The van der Waals surface area contributed by atoms with E-state index in [0.29, 0.717) is 12.1 Å². The SMILES string of the molecule is Nc1cc2c(cc1O)NC(C(=O)O)C2. The Morgan fingerprint density at radius 2 is 2.29 bits per heavy atom. The average molecular weight is 194 g/mol. The van der Waals surface area contributed by atoms with Gasteiger partial charge in [-0.25, -0.2) is 4.79 Å². The zero-order chi connectivity index (χ0) is 10.3. The van der Waals surface area contributed by atoms with Crippen LogP contribution >= 0.6 is 0 Å². The van der Waals surface area contributed by atoms with Gasteiger partial charge in [-0.1, -0.05) is 0 Å². The molecule has 1 aliphatic rings. The van der Waals surface area contributed by atoms with Crippen LogP contribution in [0.2, 0.25) is 0 Å². The second-order valence-corrected chi connectivity index (χ2v) is 3.31. The second kappa shape index (κ2) is 2.80. The topological polar surface area (TPSA) is 95.6 Å². The number of nitrogen functional groups attached to an aromatic ring is 1. The third kappa shape index (κ3) is 1.22. The first kappa shape index (κ1) is 8.68. The molecule has 2 rings (SSSR count). The number of aromatic hydroxyl groups is 1. The van der Waals surface area contributed by atoms with Gasteiger partial charge in [0, 0.05) is 18.2 Å². The normalized spacial score (nSPS) is 18.7. The molecule has 0 amide bonds. The lowest BCUT2D eigenvalue weighted by atomic mass is 10.1. The molecule has 0 saturated carbocycles. The van der Waals surface area contributed by atoms with Crippen LogP contribution in [0.25, 0.3) is 0 Å². The number of phenols is 1. The number of rotatable bonds is 1. The number of nitrogens with two attached hydrogens (primary N) is 1. The lowest BCUT2D eigenvalue weighted by molar-refractivity contribution is -0.137. The third-order valence-corrected chi connectivity index (χ3v) is 2.30. The fourth-order valence-corrected chi connectivity index (χ4v) is 1.56. The van der Waals surface area contributed by atoms with Crippen LogP contribution in [0.5, 0.6) is 5.75 Å². The number of fused-ring (bicyclic) bond motifs is 1. The molecule has 0 spiro atoms. The van der Waals surface area contributed by atoms with Gasteiger partial charge in [0.15, 0.2) is 0 Å². The fraction of sp³-hybridized carbons (Fsp3) is 0.222. The van der Waals surface area contributed by atoms with Crippen LogP contribution in [0.1, 0.15) is 5.56 Å². The highest BCUT2D eigenvalue weighted by molar-refractivity contribution is 5.82. The summed E-state index contributed by atoms with van der Waals surface area (Å²) in [6, 6.07) is 2.43. The van der Waals surface area contributed by atoms with Gasteiger partial charge in [-0.3, -0.25) is 0 Å². The molecule has 1 aliphatic heterocycles. The number of benzene rings is 1. The zero-order valence-corrected chi connectivity index (χ0v) is 7.32. The predicted octanol–water partition coefficient (Wildman–Crippen LogP) is 0.396. The van der Waals surface area contributed by atoms with Crippen LogP contribution in [0.3, 0.4) is 0 Å². The number of carboxylic acid groups (broad SMARTS) is 1. The molecule has 1 unspecified atom stereocenters. The molecule has 1 aromatic carbocycles. The largest absolute Gasteiger partial charge is 0.506 e. The highest BCUT2D eigenvalue weighted by Gasteiger charge is 2.26. The van der Waals surface area contributed by atoms with Crippen molar-refractivity contribution in [3.63, 3.8) is 0 Å². The molecule has 0 radical (unpaired) electrons. The molecule has 0 bridgehead atoms. The van der Waals surface area contributed by atoms with Crippen molar-refractivity contribution in [3.05, 3.63) is 17.7 Å². The van der Waals surface area contributed by atoms with E-state index in [1.165, 1.54) is 6.07 Å². The molecular weight excluding hydrogens is 184 g/mol. The lowest BCUT2D eigenvalue weighted by Gasteiger charge is -2.04. The number of nitrogens with one attached hydrogen (secondary N) is 1. The monoisotopic (exact) mass is 194 g/mol. The number of anilines is 2. The number of aliphatic carboxylic acids is 1. The van der Waals surface area contributed by atoms with E-state index in [1.807, 2.05) is 0 Å². The number of carbonyl (C=O) groups is 1. The van der Waals surface area contributed by atoms with Gasteiger partial charge in [-0.05, 0) is 11.6 Å². The summed E-state index contributed by atoms with van der Waals surface area (Å²) in [7, 11) is 0. The van der Waals surface area contributed by atoms with Crippen LogP contribution in [0.4, 0.5) is 11.4 Å². The summed E-state index contributed by atoms with van der Waals surface area (Å²) in [5.41, 5.74) is 7.23. The van der Waals surface area contributed by atoms with E-state index < -0.39 is 12.0 Å². The van der Waals surface area contributed by atoms with E-state index in [9.17, 15) is 9.90 Å². The molecule has 5 N–H and O–H groups in total. The van der Waals surface area contributed by atoms with Crippen molar-refractivity contribution in [1.82, 2.24) is 0 Å². The highest BCUT2D eigenvalue weighted by atomic mass is 16.4. The summed E-state index contributed by atoms with van der Waals surface area (Å²) < 4.78 is 0. The summed E-state index contributed by atoms with van der Waals surface area (Å²) in [6.07, 6.45) is 0.398. The smallest absolute Gasteiger partial charge is 0.326 e. The van der Waals surface area contributed by atoms with Gasteiger partial charge < -0.3 is 21.3 Å². The first-order valence-corrected chi connectivity index (χ1v) is 4.18. The van der Waals surface area contributed by atoms with Crippen LogP contribution in [-0.2, 0) is 11.2 Å². The van der Waals surface area contributed by atoms with Crippen molar-refractivity contribution in [2.45, 2.75) is 12.5 Å². The van der Waals surface area contributed by atoms with Gasteiger partial charge >= 0.3 is 5.97 Å². The number of hydrogen-bond acceptors (Lipinski definition) is 4. The number of carboxylic acids is 1. The van der Waals surface area contributed by atoms with Gasteiger partial charge in [0.2, 0.25) is 0 Å². The van der Waals surface area contributed by atoms with E-state index in [4.69, 9.17) is 10.8 Å². The van der Waals surface area contributed by atoms with E-state index in [1.54, 1.807) is 6.07 Å². The van der Waals surface area contributed by atoms with Crippen molar-refractivity contribution < 1.29 is 15.0 Å². The molecule has 0 fully saturated rings. The fourth-order valence-electron chi connectivity index (χ4n) is 1.56. The maximum absolute atomic E-state index is 10.7. The summed E-state index contributed by atoms with van der Waals surface area (Å²) in [4.78, 5) is 10.7. The lowest BCUT2D eigenvalue weighted by Crippen LogP contribution is -2.26. The minimum atomic E-state index is -0.903. The molecule has 14 heavy (non-hydrogen) atoms. The van der Waals surface area contributed by atoms with Gasteiger partial charge in [0.05, 0.1) is 5.69 Å². The average Bonchev–Trinajstić information content (AvgIpc) is 2.48. The Bertz CT molecular complexity index is 372. The summed E-state index contributed by atoms with van der Waals surface area (Å²) >= 11 is 0. The van der Waals surface area contributed by atoms with Gasteiger partial charge in [-0.15, -0.1) is 0 Å². The summed E-state index contributed by atoms with van der Waals surface area (Å²) in [5, 5.41) is 20.9. The Kier molecular flexibility index (Phi) is 1.73. The van der Waals surface area contributed by atoms with Gasteiger partial charge in [0.1, 0.15) is 11.8 Å². The molecular formula is C9H10N2O3. The highest BCUT2D eigenvalue weighted by Crippen LogP contribution is 2.33.